The molecule has 0 N–H and O–H groups in total. The van der Waals surface area contributed by atoms with Crippen molar-refractivity contribution in [2.24, 2.45) is 21.4 Å². The molecular weight excluding hydrogens is 540 g/mol. The van der Waals surface area contributed by atoms with Gasteiger partial charge in [-0.15, -0.1) is 0 Å². The van der Waals surface area contributed by atoms with Crippen molar-refractivity contribution in [3.05, 3.63) is 107 Å². The first-order valence-corrected chi connectivity index (χ1v) is 14.8. The molecule has 4 atom stereocenters. The Morgan fingerprint density at radius 1 is 0.884 bits per heavy atom. The number of aryl methyl sites for hydroxylation is 2. The molecule has 3 aliphatic heterocycles. The lowest BCUT2D eigenvalue weighted by molar-refractivity contribution is -0.136. The van der Waals surface area contributed by atoms with E-state index in [0.29, 0.717) is 5.69 Å². The van der Waals surface area contributed by atoms with Crippen molar-refractivity contribution in [3.8, 4) is 0 Å². The SMILES string of the molecule is Cc1cccc(C)c1N1C(=O)[C@@H]2N=NN(CC(=O)N3N=C4/C(=C/c5ccccc5)CCC[C@@H]4[C@@H]3c3ccccc3)[C@H]2C1=O. The topological polar surface area (TPSA) is 98.0 Å². The molecule has 9 heteroatoms. The Hall–Kier alpha value is -4.92. The number of benzene rings is 3. The fourth-order valence-electron chi connectivity index (χ4n) is 6.88. The molecule has 2 fully saturated rings. The molecule has 3 amide bonds. The minimum atomic E-state index is -0.975. The molecule has 43 heavy (non-hydrogen) atoms. The molecule has 1 saturated heterocycles. The molecule has 1 aliphatic carbocycles. The Morgan fingerprint density at radius 2 is 1.58 bits per heavy atom. The first-order chi connectivity index (χ1) is 20.9. The Kier molecular flexibility index (Phi) is 6.72. The second-order valence-electron chi connectivity index (χ2n) is 11.6. The summed E-state index contributed by atoms with van der Waals surface area (Å²) < 4.78 is 0. The van der Waals surface area contributed by atoms with E-state index in [0.717, 1.165) is 52.8 Å². The lowest BCUT2D eigenvalue weighted by Gasteiger charge is -2.30. The quantitative estimate of drug-likeness (QED) is 0.381. The van der Waals surface area contributed by atoms with Crippen molar-refractivity contribution in [2.45, 2.75) is 51.2 Å². The van der Waals surface area contributed by atoms with Gasteiger partial charge in [0.25, 0.3) is 17.7 Å². The highest BCUT2D eigenvalue weighted by Gasteiger charge is 2.56. The van der Waals surface area contributed by atoms with Gasteiger partial charge in [0.05, 0.1) is 17.4 Å². The van der Waals surface area contributed by atoms with E-state index in [9.17, 15) is 14.4 Å². The third-order valence-electron chi connectivity index (χ3n) is 8.86. The molecule has 9 nitrogen and oxygen atoms in total. The van der Waals surface area contributed by atoms with Crippen LogP contribution in [-0.4, -0.2) is 52.1 Å². The van der Waals surface area contributed by atoms with Crippen LogP contribution in [0.5, 0.6) is 0 Å². The van der Waals surface area contributed by atoms with Gasteiger partial charge in [0.15, 0.2) is 12.1 Å². The summed E-state index contributed by atoms with van der Waals surface area (Å²) in [5, 5.41) is 16.2. The van der Waals surface area contributed by atoms with Crippen LogP contribution in [0.3, 0.4) is 0 Å². The maximum absolute atomic E-state index is 14.1. The predicted octanol–water partition coefficient (Wildman–Crippen LogP) is 5.42. The molecule has 0 spiro atoms. The van der Waals surface area contributed by atoms with E-state index >= 15 is 0 Å². The van der Waals surface area contributed by atoms with Gasteiger partial charge in [-0.05, 0) is 67.0 Å². The number of imide groups is 1. The molecule has 0 unspecified atom stereocenters. The molecule has 0 bridgehead atoms. The Balaban J connectivity index is 1.19. The van der Waals surface area contributed by atoms with Crippen molar-refractivity contribution >= 4 is 35.2 Å². The average molecular weight is 573 g/mol. The van der Waals surface area contributed by atoms with Crippen LogP contribution in [0, 0.1) is 19.8 Å². The van der Waals surface area contributed by atoms with E-state index in [1.54, 1.807) is 5.01 Å². The molecule has 4 aliphatic rings. The van der Waals surface area contributed by atoms with Crippen molar-refractivity contribution in [2.75, 3.05) is 11.4 Å². The third-order valence-corrected chi connectivity index (χ3v) is 8.86. The smallest absolute Gasteiger partial charge is 0.264 e. The van der Waals surface area contributed by atoms with Gasteiger partial charge < -0.3 is 0 Å². The molecular formula is C34H32N6O3. The van der Waals surface area contributed by atoms with Crippen molar-refractivity contribution in [1.29, 1.82) is 0 Å². The summed E-state index contributed by atoms with van der Waals surface area (Å²) in [6.07, 6.45) is 4.98. The summed E-state index contributed by atoms with van der Waals surface area (Å²) in [6, 6.07) is 23.6. The number of carbonyl (C=O) groups is 3. The number of para-hydroxylation sites is 1. The minimum absolute atomic E-state index is 0.0530. The zero-order chi connectivity index (χ0) is 29.7. The summed E-state index contributed by atoms with van der Waals surface area (Å²) in [6.45, 7) is 3.53. The van der Waals surface area contributed by atoms with Crippen LogP contribution < -0.4 is 4.90 Å². The number of carbonyl (C=O) groups excluding carboxylic acids is 3. The number of anilines is 1. The molecule has 3 heterocycles. The van der Waals surface area contributed by atoms with Crippen LogP contribution in [0.25, 0.3) is 6.08 Å². The van der Waals surface area contributed by atoms with Crippen LogP contribution in [-0.2, 0) is 14.4 Å². The minimum Gasteiger partial charge on any atom is -0.271 e. The number of amides is 3. The summed E-state index contributed by atoms with van der Waals surface area (Å²) in [7, 11) is 0. The van der Waals surface area contributed by atoms with Crippen molar-refractivity contribution in [1.82, 2.24) is 10.0 Å². The van der Waals surface area contributed by atoms with Gasteiger partial charge >= 0.3 is 0 Å². The van der Waals surface area contributed by atoms with Crippen LogP contribution >= 0.6 is 0 Å². The number of hydrazone groups is 1. The molecule has 3 aromatic rings. The molecule has 1 saturated carbocycles. The average Bonchev–Trinajstić information content (AvgIpc) is 3.68. The summed E-state index contributed by atoms with van der Waals surface area (Å²) in [4.78, 5) is 42.4. The lowest BCUT2D eigenvalue weighted by atomic mass is 9.77. The molecule has 7 rings (SSSR count). The summed E-state index contributed by atoms with van der Waals surface area (Å²) >= 11 is 0. The van der Waals surface area contributed by atoms with Gasteiger partial charge in [-0.2, -0.15) is 10.2 Å². The number of rotatable bonds is 5. The number of allylic oxidation sites excluding steroid dienone is 1. The van der Waals surface area contributed by atoms with E-state index in [2.05, 4.69) is 28.5 Å². The highest BCUT2D eigenvalue weighted by molar-refractivity contribution is 6.26. The van der Waals surface area contributed by atoms with Crippen LogP contribution in [0.2, 0.25) is 0 Å². The van der Waals surface area contributed by atoms with Gasteiger partial charge in [0.2, 0.25) is 0 Å². The van der Waals surface area contributed by atoms with Crippen LogP contribution in [0.15, 0.2) is 99.9 Å². The zero-order valence-corrected chi connectivity index (χ0v) is 24.1. The maximum atomic E-state index is 14.1. The molecule has 0 aromatic heterocycles. The fourth-order valence-corrected chi connectivity index (χ4v) is 6.88. The van der Waals surface area contributed by atoms with E-state index in [1.165, 1.54) is 9.91 Å². The highest BCUT2D eigenvalue weighted by atomic mass is 16.2. The van der Waals surface area contributed by atoms with E-state index in [4.69, 9.17) is 5.10 Å². The standard InChI is InChI=1S/C34H32N6O3/c1-21-11-9-12-22(2)30(21)39-33(42)29-32(34(39)43)38(37-35-29)20-27(41)40-31(24-15-7-4-8-16-24)26-18-10-17-25(28(26)36-40)19-23-13-5-3-6-14-23/h3-9,11-16,19,26,29,31-32H,10,17-18,20H2,1-2H3/b25-19+/t26-,29+,31-,32+/m0/s1. The first kappa shape index (κ1) is 26.9. The number of hydrogen-bond acceptors (Lipinski definition) is 7. The third kappa shape index (κ3) is 4.56. The predicted molar refractivity (Wildman–Crippen MR) is 163 cm³/mol. The highest BCUT2D eigenvalue weighted by Crippen LogP contribution is 2.45. The van der Waals surface area contributed by atoms with Gasteiger partial charge in [0.1, 0.15) is 6.54 Å². The van der Waals surface area contributed by atoms with Crippen molar-refractivity contribution in [3.63, 3.8) is 0 Å². The molecule has 216 valence electrons. The molecule has 3 aromatic carbocycles. The number of fused-ring (bicyclic) bond motifs is 2. The Labute approximate surface area is 250 Å². The van der Waals surface area contributed by atoms with Gasteiger partial charge in [-0.1, -0.05) is 84.1 Å². The van der Waals surface area contributed by atoms with E-state index < -0.39 is 23.9 Å². The monoisotopic (exact) mass is 572 g/mol. The maximum Gasteiger partial charge on any atom is 0.264 e. The fraction of sp³-hybridized carbons (Fsp3) is 0.294. The van der Waals surface area contributed by atoms with Gasteiger partial charge in [-0.3, -0.25) is 19.4 Å². The number of nitrogens with zero attached hydrogens (tertiary/aromatic N) is 6. The van der Waals surface area contributed by atoms with Crippen LogP contribution in [0.1, 0.15) is 47.6 Å². The summed E-state index contributed by atoms with van der Waals surface area (Å²) in [5.41, 5.74) is 6.40. The zero-order valence-electron chi connectivity index (χ0n) is 24.1. The molecule has 0 radical (unpaired) electrons. The number of hydrogen-bond donors (Lipinski definition) is 0. The Morgan fingerprint density at radius 3 is 2.30 bits per heavy atom. The normalized spacial score (nSPS) is 25.4. The second kappa shape index (κ2) is 10.7. The van der Waals surface area contributed by atoms with Gasteiger partial charge in [-0.25, -0.2) is 9.91 Å². The van der Waals surface area contributed by atoms with Gasteiger partial charge in [0, 0.05) is 5.92 Å². The van der Waals surface area contributed by atoms with E-state index in [-0.39, 0.29) is 24.4 Å². The first-order valence-electron chi connectivity index (χ1n) is 14.8. The lowest BCUT2D eigenvalue weighted by Crippen LogP contribution is -2.45. The Bertz CT molecular complexity index is 1680. The van der Waals surface area contributed by atoms with E-state index in [1.807, 2.05) is 80.6 Å². The summed E-state index contributed by atoms with van der Waals surface area (Å²) in [5.74, 6) is -1.08. The largest absolute Gasteiger partial charge is 0.271 e. The van der Waals surface area contributed by atoms with Crippen LogP contribution in [0.4, 0.5) is 5.69 Å². The second-order valence-corrected chi connectivity index (χ2v) is 11.6. The van der Waals surface area contributed by atoms with Crippen molar-refractivity contribution < 1.29 is 14.4 Å².